The van der Waals surface area contributed by atoms with Gasteiger partial charge in [0, 0.05) is 13.5 Å². The zero-order chi connectivity index (χ0) is 23.7. The molecule has 2 fully saturated rings. The summed E-state index contributed by atoms with van der Waals surface area (Å²) in [5.74, 6) is 3.26. The Bertz CT molecular complexity index is 1000. The molecule has 0 amide bonds. The van der Waals surface area contributed by atoms with E-state index < -0.39 is 0 Å². The van der Waals surface area contributed by atoms with Crippen LogP contribution in [-0.2, 0) is 27.3 Å². The standard InChI is InChI=1S/C30H38O4/c1-30-16-15-25-24-13-11-23(34-19-20-7-5-4-6-8-20)17-21(24)9-12-26(25)29(30)22(18-27(30)32-2)10-14-28(31)33-3/h4-8,11,13,17,22,25-27,29H,9-10,12,14-16,18-19H2,1-3H3. The average molecular weight is 463 g/mol. The van der Waals surface area contributed by atoms with Gasteiger partial charge in [-0.1, -0.05) is 43.3 Å². The zero-order valence-electron chi connectivity index (χ0n) is 20.8. The van der Waals surface area contributed by atoms with Crippen LogP contribution in [0.4, 0.5) is 0 Å². The van der Waals surface area contributed by atoms with Crippen LogP contribution in [0.15, 0.2) is 48.5 Å². The van der Waals surface area contributed by atoms with Crippen LogP contribution in [0, 0.1) is 23.2 Å². The Hall–Kier alpha value is -2.33. The largest absolute Gasteiger partial charge is 0.489 e. The maximum absolute atomic E-state index is 11.9. The van der Waals surface area contributed by atoms with Crippen molar-refractivity contribution in [1.82, 2.24) is 0 Å². The molecule has 0 aliphatic heterocycles. The minimum Gasteiger partial charge on any atom is -0.489 e. The molecule has 0 spiro atoms. The summed E-state index contributed by atoms with van der Waals surface area (Å²) in [5, 5.41) is 0. The summed E-state index contributed by atoms with van der Waals surface area (Å²) < 4.78 is 17.1. The summed E-state index contributed by atoms with van der Waals surface area (Å²) in [6.07, 6.45) is 7.51. The third-order valence-electron chi connectivity index (χ3n) is 9.23. The van der Waals surface area contributed by atoms with E-state index in [1.54, 1.807) is 0 Å². The van der Waals surface area contributed by atoms with Crippen LogP contribution in [0.1, 0.15) is 68.1 Å². The first-order valence-electron chi connectivity index (χ1n) is 12.9. The van der Waals surface area contributed by atoms with Gasteiger partial charge in [-0.2, -0.15) is 0 Å². The maximum atomic E-state index is 11.9. The van der Waals surface area contributed by atoms with E-state index >= 15 is 0 Å². The van der Waals surface area contributed by atoms with Crippen molar-refractivity contribution in [3.8, 4) is 5.75 Å². The Morgan fingerprint density at radius 1 is 1.09 bits per heavy atom. The summed E-state index contributed by atoms with van der Waals surface area (Å²) in [7, 11) is 3.36. The molecule has 0 saturated heterocycles. The molecule has 6 atom stereocenters. The van der Waals surface area contributed by atoms with E-state index in [1.165, 1.54) is 43.1 Å². The first-order chi connectivity index (χ1) is 16.5. The molecule has 5 rings (SSSR count). The van der Waals surface area contributed by atoms with Gasteiger partial charge in [0.25, 0.3) is 0 Å². The minimum absolute atomic E-state index is 0.0908. The highest BCUT2D eigenvalue weighted by Gasteiger charge is 2.58. The third-order valence-corrected chi connectivity index (χ3v) is 9.23. The topological polar surface area (TPSA) is 44.8 Å². The van der Waals surface area contributed by atoms with E-state index in [9.17, 15) is 4.79 Å². The average Bonchev–Trinajstić information content (AvgIpc) is 3.17. The Labute approximate surface area is 204 Å². The van der Waals surface area contributed by atoms with Crippen molar-refractivity contribution in [2.45, 2.75) is 70.5 Å². The number of hydrogen-bond donors (Lipinski definition) is 0. The number of aryl methyl sites for hydroxylation is 1. The Kier molecular flexibility index (Phi) is 6.70. The van der Waals surface area contributed by atoms with Crippen LogP contribution in [0.3, 0.4) is 0 Å². The summed E-state index contributed by atoms with van der Waals surface area (Å²) in [4.78, 5) is 11.9. The van der Waals surface area contributed by atoms with Crippen LogP contribution < -0.4 is 4.74 Å². The lowest BCUT2D eigenvalue weighted by Gasteiger charge is -2.52. The second-order valence-corrected chi connectivity index (χ2v) is 10.8. The van der Waals surface area contributed by atoms with E-state index in [0.29, 0.717) is 36.7 Å². The van der Waals surface area contributed by atoms with Gasteiger partial charge < -0.3 is 14.2 Å². The molecule has 4 heteroatoms. The Balaban J connectivity index is 1.35. The maximum Gasteiger partial charge on any atom is 0.305 e. The number of ether oxygens (including phenoxy) is 3. The molecule has 0 radical (unpaired) electrons. The van der Waals surface area contributed by atoms with Crippen molar-refractivity contribution in [1.29, 1.82) is 0 Å². The van der Waals surface area contributed by atoms with E-state index in [2.05, 4.69) is 49.4 Å². The molecule has 6 unspecified atom stereocenters. The van der Waals surface area contributed by atoms with Crippen molar-refractivity contribution >= 4 is 5.97 Å². The fraction of sp³-hybridized carbons (Fsp3) is 0.567. The number of esters is 1. The summed E-state index contributed by atoms with van der Waals surface area (Å²) in [6.45, 7) is 3.06. The van der Waals surface area contributed by atoms with Crippen LogP contribution >= 0.6 is 0 Å². The molecule has 2 aromatic carbocycles. The van der Waals surface area contributed by atoms with Gasteiger partial charge in [-0.15, -0.1) is 0 Å². The molecule has 0 N–H and O–H groups in total. The molecule has 0 bridgehead atoms. The molecule has 3 aliphatic rings. The predicted octanol–water partition coefficient (Wildman–Crippen LogP) is 6.32. The normalized spacial score (nSPS) is 31.8. The van der Waals surface area contributed by atoms with Crippen molar-refractivity contribution in [2.24, 2.45) is 23.2 Å². The molecule has 0 aromatic heterocycles. The molecule has 2 saturated carbocycles. The van der Waals surface area contributed by atoms with Crippen LogP contribution in [-0.4, -0.2) is 26.3 Å². The number of benzene rings is 2. The van der Waals surface area contributed by atoms with E-state index in [1.807, 2.05) is 13.2 Å². The molecule has 2 aromatic rings. The molecule has 182 valence electrons. The molecule has 0 heterocycles. The van der Waals surface area contributed by atoms with Crippen molar-refractivity contribution in [3.05, 3.63) is 65.2 Å². The van der Waals surface area contributed by atoms with E-state index in [-0.39, 0.29) is 17.5 Å². The predicted molar refractivity (Wildman–Crippen MR) is 133 cm³/mol. The van der Waals surface area contributed by atoms with Gasteiger partial charge in [-0.05, 0) is 96.4 Å². The first-order valence-corrected chi connectivity index (χ1v) is 12.9. The lowest BCUT2D eigenvalue weighted by Crippen LogP contribution is -2.45. The highest BCUT2D eigenvalue weighted by molar-refractivity contribution is 5.69. The van der Waals surface area contributed by atoms with Gasteiger partial charge in [0.15, 0.2) is 0 Å². The SMILES string of the molecule is COC(=O)CCC1CC(OC)C2(C)CCC3c4ccc(OCc5ccccc5)cc4CCC3C12. The van der Waals surface area contributed by atoms with E-state index in [4.69, 9.17) is 14.2 Å². The van der Waals surface area contributed by atoms with Gasteiger partial charge >= 0.3 is 5.97 Å². The fourth-order valence-electron chi connectivity index (χ4n) is 7.69. The molecule has 34 heavy (non-hydrogen) atoms. The zero-order valence-corrected chi connectivity index (χ0v) is 20.8. The minimum atomic E-state index is -0.0908. The highest BCUT2D eigenvalue weighted by atomic mass is 16.5. The number of rotatable bonds is 7. The summed E-state index contributed by atoms with van der Waals surface area (Å²) >= 11 is 0. The third kappa shape index (κ3) is 4.26. The van der Waals surface area contributed by atoms with Gasteiger partial charge in [0.05, 0.1) is 13.2 Å². The Morgan fingerprint density at radius 2 is 1.91 bits per heavy atom. The lowest BCUT2D eigenvalue weighted by molar-refractivity contribution is -0.141. The van der Waals surface area contributed by atoms with Gasteiger partial charge in [-0.25, -0.2) is 0 Å². The van der Waals surface area contributed by atoms with Crippen LogP contribution in [0.25, 0.3) is 0 Å². The Morgan fingerprint density at radius 3 is 2.68 bits per heavy atom. The van der Waals surface area contributed by atoms with Gasteiger partial charge in [0.1, 0.15) is 12.4 Å². The fourth-order valence-corrected chi connectivity index (χ4v) is 7.69. The molecular weight excluding hydrogens is 424 g/mol. The quantitative estimate of drug-likeness (QED) is 0.452. The monoisotopic (exact) mass is 462 g/mol. The summed E-state index contributed by atoms with van der Waals surface area (Å²) in [6, 6.07) is 17.1. The van der Waals surface area contributed by atoms with Crippen LogP contribution in [0.2, 0.25) is 0 Å². The molecule has 3 aliphatic carbocycles. The van der Waals surface area contributed by atoms with Crippen molar-refractivity contribution in [2.75, 3.05) is 14.2 Å². The number of carbonyl (C=O) groups excluding carboxylic acids is 1. The number of carbonyl (C=O) groups is 1. The van der Waals surface area contributed by atoms with Gasteiger partial charge in [0.2, 0.25) is 0 Å². The number of hydrogen-bond acceptors (Lipinski definition) is 4. The summed E-state index contributed by atoms with van der Waals surface area (Å²) in [5.41, 5.74) is 4.38. The van der Waals surface area contributed by atoms with Gasteiger partial charge in [-0.3, -0.25) is 4.79 Å². The first kappa shape index (κ1) is 23.4. The van der Waals surface area contributed by atoms with E-state index in [0.717, 1.165) is 25.0 Å². The lowest BCUT2D eigenvalue weighted by atomic mass is 9.53. The molecular formula is C30H38O4. The van der Waals surface area contributed by atoms with Crippen LogP contribution in [0.5, 0.6) is 5.75 Å². The highest BCUT2D eigenvalue weighted by Crippen LogP contribution is 2.64. The number of methoxy groups -OCH3 is 2. The smallest absolute Gasteiger partial charge is 0.305 e. The van der Waals surface area contributed by atoms with Crippen molar-refractivity contribution in [3.63, 3.8) is 0 Å². The number of fused-ring (bicyclic) bond motifs is 5. The van der Waals surface area contributed by atoms with Crippen molar-refractivity contribution < 1.29 is 19.0 Å². The second-order valence-electron chi connectivity index (χ2n) is 10.8. The second kappa shape index (κ2) is 9.73. The molecule has 4 nitrogen and oxygen atoms in total.